The second-order valence-corrected chi connectivity index (χ2v) is 27.9. The smallest absolute Gasteiger partial charge is 0.147 e. The van der Waals surface area contributed by atoms with Gasteiger partial charge in [-0.15, -0.1) is 24.8 Å². The van der Waals surface area contributed by atoms with Crippen LogP contribution in [-0.2, 0) is 19.1 Å². The van der Waals surface area contributed by atoms with Crippen LogP contribution in [0.4, 0.5) is 0 Å². The molecular weight excluding hydrogens is 332 g/mol. The van der Waals surface area contributed by atoms with E-state index in [1.54, 1.807) is 0 Å². The average molecular weight is 361 g/mol. The fourth-order valence-electron chi connectivity index (χ4n) is 2.95. The standard InChI is InChI=1S/C9H14N.4CH3.2ClH.Zr/c1-9(2,3)10-8-6-4-5-7-8;;;;;;;/h4-6H,7H2,1-3H3;4*1H3;2*1H;/q-1;;;;;;;+1. The van der Waals surface area contributed by atoms with E-state index in [9.17, 15) is 0 Å². The zero-order valence-corrected chi connectivity index (χ0v) is 16.3. The third-order valence-electron chi connectivity index (χ3n) is 2.60. The van der Waals surface area contributed by atoms with Crippen molar-refractivity contribution in [2.24, 2.45) is 0 Å². The molecule has 0 aliphatic heterocycles. The third kappa shape index (κ3) is 5.49. The van der Waals surface area contributed by atoms with E-state index in [1.807, 2.05) is 0 Å². The van der Waals surface area contributed by atoms with Gasteiger partial charge in [-0.2, -0.15) is 0 Å². The monoisotopic (exact) mass is 358 g/mol. The summed E-state index contributed by atoms with van der Waals surface area (Å²) in [5.41, 5.74) is 1.76. The van der Waals surface area contributed by atoms with Crippen LogP contribution in [0.25, 0.3) is 0 Å². The molecule has 1 rings (SSSR count). The molecular formula is C13H28Cl2NZr. The summed E-state index contributed by atoms with van der Waals surface area (Å²) in [6, 6.07) is 0. The van der Waals surface area contributed by atoms with Gasteiger partial charge in [0.2, 0.25) is 0 Å². The minimum Gasteiger partial charge on any atom is -0.147 e. The van der Waals surface area contributed by atoms with Gasteiger partial charge in [0.25, 0.3) is 0 Å². The summed E-state index contributed by atoms with van der Waals surface area (Å²) < 4.78 is 12.8. The molecule has 4 heteroatoms. The number of hydrogen-bond acceptors (Lipinski definition) is 1. The molecule has 17 heavy (non-hydrogen) atoms. The van der Waals surface area contributed by atoms with Crippen LogP contribution in [0.5, 0.6) is 0 Å². The molecule has 0 aromatic carbocycles. The summed E-state index contributed by atoms with van der Waals surface area (Å²) in [6.07, 6.45) is 7.85. The number of hydrogen-bond donors (Lipinski definition) is 0. The Morgan fingerprint density at radius 2 is 1.53 bits per heavy atom. The molecule has 0 heterocycles. The van der Waals surface area contributed by atoms with E-state index in [-0.39, 0.29) is 30.4 Å². The maximum atomic E-state index is 2.74. The van der Waals surface area contributed by atoms with Crippen molar-refractivity contribution in [2.75, 3.05) is 0 Å². The van der Waals surface area contributed by atoms with Crippen LogP contribution in [0.2, 0.25) is 18.5 Å². The first-order chi connectivity index (χ1) is 6.49. The minimum absolute atomic E-state index is 0. The summed E-state index contributed by atoms with van der Waals surface area (Å²) >= 11 is -2.64. The molecule has 1 nitrogen and oxygen atoms in total. The van der Waals surface area contributed by atoms with E-state index in [0.717, 1.165) is 6.42 Å². The van der Waals surface area contributed by atoms with E-state index in [4.69, 9.17) is 0 Å². The summed E-state index contributed by atoms with van der Waals surface area (Å²) in [7, 11) is 0. The Morgan fingerprint density at radius 3 is 1.76 bits per heavy atom. The first-order valence-corrected chi connectivity index (χ1v) is 16.8. The van der Waals surface area contributed by atoms with Gasteiger partial charge in [-0.1, -0.05) is 0 Å². The van der Waals surface area contributed by atoms with Crippen molar-refractivity contribution in [1.29, 1.82) is 0 Å². The quantitative estimate of drug-likeness (QED) is 0.622. The Balaban J connectivity index is 0. The van der Waals surface area contributed by atoms with Crippen LogP contribution < -0.4 is 0 Å². The summed E-state index contributed by atoms with van der Waals surface area (Å²) in [5.74, 6) is 0. The van der Waals surface area contributed by atoms with Gasteiger partial charge in [0.15, 0.2) is 0 Å². The van der Waals surface area contributed by atoms with Gasteiger partial charge < -0.3 is 0 Å². The van der Waals surface area contributed by atoms with Crippen molar-refractivity contribution in [3.05, 3.63) is 23.9 Å². The van der Waals surface area contributed by atoms with Gasteiger partial charge in [-0.05, 0) is 0 Å². The third-order valence-corrected chi connectivity index (χ3v) is 9.36. The molecule has 0 N–H and O–H groups in total. The van der Waals surface area contributed by atoms with Crippen LogP contribution in [0, 0.1) is 0 Å². The van der Waals surface area contributed by atoms with Crippen LogP contribution in [0.1, 0.15) is 27.2 Å². The summed E-state index contributed by atoms with van der Waals surface area (Å²) in [4.78, 5) is 0. The Labute approximate surface area is 121 Å². The number of nitrogens with zero attached hydrogens (tertiary/aromatic N) is 1. The maximum absolute atomic E-state index is 2.74. The van der Waals surface area contributed by atoms with E-state index < -0.39 is 19.1 Å². The molecule has 1 aliphatic carbocycles. The van der Waals surface area contributed by atoms with Crippen molar-refractivity contribution in [1.82, 2.24) is 2.84 Å². The van der Waals surface area contributed by atoms with Gasteiger partial charge >= 0.3 is 97.1 Å². The van der Waals surface area contributed by atoms with E-state index >= 15 is 0 Å². The van der Waals surface area contributed by atoms with E-state index in [2.05, 4.69) is 60.4 Å². The van der Waals surface area contributed by atoms with Crippen LogP contribution >= 0.6 is 24.8 Å². The van der Waals surface area contributed by atoms with Crippen molar-refractivity contribution in [2.45, 2.75) is 51.3 Å². The van der Waals surface area contributed by atoms with Gasteiger partial charge in [0.1, 0.15) is 0 Å². The SMILES string of the molecule is CC(C)(C)[N](C1=CC=CC1)[Zr]([CH3])([CH3])([CH3])[CH3].Cl.Cl. The number of halogens is 2. The molecule has 0 spiro atoms. The summed E-state index contributed by atoms with van der Waals surface area (Å²) in [5, 5.41) is 0. The Hall–Kier alpha value is 0.743. The topological polar surface area (TPSA) is 3.24 Å². The molecule has 0 bridgehead atoms. The number of allylic oxidation sites excluding steroid dienone is 3. The first kappa shape index (κ1) is 20.1. The van der Waals surface area contributed by atoms with Crippen molar-refractivity contribution >= 4 is 24.8 Å². The molecule has 0 radical (unpaired) electrons. The fourth-order valence-corrected chi connectivity index (χ4v) is 12.8. The Morgan fingerprint density at radius 1 is 1.06 bits per heavy atom. The fraction of sp³-hybridized carbons (Fsp3) is 0.692. The molecule has 1 aliphatic rings. The van der Waals surface area contributed by atoms with Crippen LogP contribution in [0.15, 0.2) is 23.9 Å². The molecule has 0 aromatic heterocycles. The van der Waals surface area contributed by atoms with Crippen molar-refractivity contribution < 1.29 is 19.1 Å². The Kier molecular flexibility index (Phi) is 6.85. The second-order valence-electron chi connectivity index (χ2n) is 7.69. The van der Waals surface area contributed by atoms with Gasteiger partial charge in [-0.3, -0.25) is 0 Å². The van der Waals surface area contributed by atoms with Gasteiger partial charge in [0, 0.05) is 0 Å². The zero-order chi connectivity index (χ0) is 11.9. The van der Waals surface area contributed by atoms with Crippen molar-refractivity contribution in [3.63, 3.8) is 0 Å². The van der Waals surface area contributed by atoms with Crippen molar-refractivity contribution in [3.8, 4) is 0 Å². The van der Waals surface area contributed by atoms with Gasteiger partial charge in [0.05, 0.1) is 0 Å². The maximum Gasteiger partial charge on any atom is -0.147 e. The first-order valence-electron chi connectivity index (χ1n) is 5.89. The molecule has 0 saturated carbocycles. The van der Waals surface area contributed by atoms with E-state index in [1.165, 1.54) is 5.70 Å². The van der Waals surface area contributed by atoms with E-state index in [0.29, 0.717) is 0 Å². The second kappa shape index (κ2) is 5.80. The molecule has 0 atom stereocenters. The largest absolute Gasteiger partial charge is 0.147 e. The van der Waals surface area contributed by atoms with Gasteiger partial charge in [-0.25, -0.2) is 0 Å². The zero-order valence-electron chi connectivity index (χ0n) is 12.2. The minimum atomic E-state index is -2.64. The molecule has 0 unspecified atom stereocenters. The molecule has 0 fully saturated rings. The average Bonchev–Trinajstić information content (AvgIpc) is 2.29. The van der Waals surface area contributed by atoms with Crippen LogP contribution in [0.3, 0.4) is 0 Å². The number of rotatable bonds is 2. The molecule has 103 valence electrons. The molecule has 0 amide bonds. The Bertz CT molecular complexity index is 309. The normalized spacial score (nSPS) is 17.4. The predicted octanol–water partition coefficient (Wildman–Crippen LogP) is 5.57. The van der Waals surface area contributed by atoms with Crippen LogP contribution in [-0.4, -0.2) is 8.38 Å². The summed E-state index contributed by atoms with van der Waals surface area (Å²) in [6.45, 7) is 7.00. The molecule has 0 saturated heterocycles. The molecule has 0 aromatic rings. The predicted molar refractivity (Wildman–Crippen MR) is 81.4 cm³/mol.